The molecule has 360 valence electrons. The molecule has 4 heterocycles. The van der Waals surface area contributed by atoms with E-state index in [2.05, 4.69) is 245 Å². The van der Waals surface area contributed by atoms with E-state index < -0.39 is 0 Å². The van der Waals surface area contributed by atoms with Gasteiger partial charge in [0, 0.05) is 71.1 Å². The van der Waals surface area contributed by atoms with Gasteiger partial charge in [-0.05, 0) is 146 Å². The molecule has 4 aliphatic rings. The number of benzene rings is 7. The monoisotopic (exact) mass is 950 g/mol. The lowest BCUT2D eigenvalue weighted by Crippen LogP contribution is -2.62. The predicted octanol–water partition coefficient (Wildman–Crippen LogP) is 17.1. The van der Waals surface area contributed by atoms with Crippen LogP contribution in [0.2, 0.25) is 0 Å². The highest BCUT2D eigenvalue weighted by Crippen LogP contribution is 2.62. The zero-order chi connectivity index (χ0) is 49.9. The van der Waals surface area contributed by atoms with Crippen molar-refractivity contribution in [1.29, 1.82) is 0 Å². The number of hydrogen-bond donors (Lipinski definition) is 0. The van der Waals surface area contributed by atoms with Crippen molar-refractivity contribution in [2.45, 2.75) is 155 Å². The molecule has 1 fully saturated rings. The van der Waals surface area contributed by atoms with Gasteiger partial charge in [-0.3, -0.25) is 0 Å². The van der Waals surface area contributed by atoms with E-state index in [1.165, 1.54) is 129 Å². The van der Waals surface area contributed by atoms with Crippen LogP contribution in [0.1, 0.15) is 150 Å². The molecule has 1 aromatic heterocycles. The Kier molecular flexibility index (Phi) is 10.0. The van der Waals surface area contributed by atoms with Crippen LogP contribution >= 0.6 is 11.3 Å². The number of fused-ring (bicyclic) bond motifs is 10. The van der Waals surface area contributed by atoms with E-state index >= 15 is 0 Å². The second-order valence-electron chi connectivity index (χ2n) is 26.3. The van der Waals surface area contributed by atoms with Gasteiger partial charge in [-0.1, -0.05) is 176 Å². The summed E-state index contributed by atoms with van der Waals surface area (Å²) in [5.41, 5.74) is 21.1. The van der Waals surface area contributed by atoms with Crippen molar-refractivity contribution in [3.8, 4) is 0 Å². The minimum Gasteiger partial charge on any atom is -0.334 e. The Balaban J connectivity index is 1.21. The summed E-state index contributed by atoms with van der Waals surface area (Å²) >= 11 is 1.91. The van der Waals surface area contributed by atoms with Gasteiger partial charge in [0.1, 0.15) is 0 Å². The number of hydrogen-bond acceptors (Lipinski definition) is 4. The third kappa shape index (κ3) is 6.95. The maximum Gasteiger partial charge on any atom is 0.252 e. The third-order valence-electron chi connectivity index (χ3n) is 17.6. The summed E-state index contributed by atoms with van der Waals surface area (Å²) in [5, 5.41) is 2.66. The zero-order valence-corrected chi connectivity index (χ0v) is 45.7. The molecule has 2 atom stereocenters. The molecule has 0 spiro atoms. The van der Waals surface area contributed by atoms with Gasteiger partial charge in [-0.25, -0.2) is 0 Å². The van der Waals surface area contributed by atoms with E-state index in [1.807, 2.05) is 11.3 Å². The Labute approximate surface area is 429 Å². The van der Waals surface area contributed by atoms with Gasteiger partial charge in [0.25, 0.3) is 6.71 Å². The van der Waals surface area contributed by atoms with Crippen molar-refractivity contribution in [2.75, 3.05) is 14.7 Å². The molecule has 5 heteroatoms. The van der Waals surface area contributed by atoms with E-state index in [-0.39, 0.29) is 39.3 Å². The first-order valence-corrected chi connectivity index (χ1v) is 27.3. The molecule has 0 bridgehead atoms. The molecule has 12 rings (SSSR count). The smallest absolute Gasteiger partial charge is 0.252 e. The average Bonchev–Trinajstić information content (AvgIpc) is 3.78. The molecule has 7 aromatic carbocycles. The first-order valence-electron chi connectivity index (χ1n) is 26.5. The van der Waals surface area contributed by atoms with E-state index in [9.17, 15) is 0 Å². The van der Waals surface area contributed by atoms with Crippen molar-refractivity contribution >= 4 is 100 Å². The maximum atomic E-state index is 2.82. The molecule has 3 aliphatic heterocycles. The second-order valence-corrected chi connectivity index (χ2v) is 27.3. The third-order valence-corrected chi connectivity index (χ3v) is 18.8. The molecule has 71 heavy (non-hydrogen) atoms. The maximum absolute atomic E-state index is 2.82. The van der Waals surface area contributed by atoms with Gasteiger partial charge in [-0.15, -0.1) is 11.3 Å². The van der Waals surface area contributed by atoms with Gasteiger partial charge in [0.2, 0.25) is 0 Å². The molecule has 0 N–H and O–H groups in total. The summed E-state index contributed by atoms with van der Waals surface area (Å²) in [7, 11) is 0. The van der Waals surface area contributed by atoms with Crippen LogP contribution in [0.4, 0.5) is 45.5 Å². The summed E-state index contributed by atoms with van der Waals surface area (Å²) < 4.78 is 2.65. The number of anilines is 8. The van der Waals surface area contributed by atoms with Crippen molar-refractivity contribution in [3.05, 3.63) is 161 Å². The lowest BCUT2D eigenvalue weighted by molar-refractivity contribution is 0.195. The Bertz CT molecular complexity index is 3480. The van der Waals surface area contributed by atoms with Gasteiger partial charge in [-0.2, -0.15) is 0 Å². The summed E-state index contributed by atoms with van der Waals surface area (Å²) in [5.74, 6) is 0. The first kappa shape index (κ1) is 46.3. The van der Waals surface area contributed by atoms with E-state index in [1.54, 1.807) is 0 Å². The summed E-state index contributed by atoms with van der Waals surface area (Å²) in [6.45, 7) is 33.5. The van der Waals surface area contributed by atoms with Crippen molar-refractivity contribution in [2.24, 2.45) is 0 Å². The largest absolute Gasteiger partial charge is 0.334 e. The summed E-state index contributed by atoms with van der Waals surface area (Å²) in [4.78, 5) is 8.12. The molecule has 2 unspecified atom stereocenters. The van der Waals surface area contributed by atoms with Crippen molar-refractivity contribution in [1.82, 2.24) is 0 Å². The fourth-order valence-corrected chi connectivity index (χ4v) is 14.3. The van der Waals surface area contributed by atoms with Crippen LogP contribution in [-0.4, -0.2) is 12.3 Å². The molecule has 1 aliphatic carbocycles. The Hall–Kier alpha value is -5.78. The van der Waals surface area contributed by atoms with E-state index in [0.29, 0.717) is 0 Å². The minimum absolute atomic E-state index is 0.00814. The molecular formula is C66H72BN3S. The average molecular weight is 950 g/mol. The highest BCUT2D eigenvalue weighted by molar-refractivity contribution is 7.25. The van der Waals surface area contributed by atoms with Gasteiger partial charge in [0.05, 0.1) is 5.54 Å². The van der Waals surface area contributed by atoms with Crippen LogP contribution < -0.4 is 31.1 Å². The van der Waals surface area contributed by atoms with E-state index in [4.69, 9.17) is 0 Å². The number of nitrogens with zero attached hydrogens (tertiary/aromatic N) is 3. The normalized spacial score (nSPS) is 19.7. The lowest BCUT2D eigenvalue weighted by Gasteiger charge is -2.51. The molecule has 3 nitrogen and oxygen atoms in total. The standard InChI is InChI=1S/C66H72BN3S/c1-61(2,3)41-21-26-45(27-22-41)68-54-31-24-43(63(7,8)9)36-51(54)67-52-37-44(64(10,11)12)25-32-55(52)69(46-28-29-49-48-19-15-16-20-58(48)71-59(49)40-46)57-39-47(38-56(68)60(57)67)70-53-30-23-42(62(4,5)6)35-50(53)65(13)33-17-18-34-66(65,70)14/h15-16,19-32,35-40H,17-18,33-34H2,1-14H3. The second kappa shape index (κ2) is 15.4. The quantitative estimate of drug-likeness (QED) is 0.163. The molecule has 0 amide bonds. The molecule has 8 aromatic rings. The number of rotatable bonds is 3. The van der Waals surface area contributed by atoms with Gasteiger partial charge < -0.3 is 14.7 Å². The minimum atomic E-state index is -0.132. The van der Waals surface area contributed by atoms with Gasteiger partial charge >= 0.3 is 0 Å². The predicted molar refractivity (Wildman–Crippen MR) is 311 cm³/mol. The molecular weight excluding hydrogens is 878 g/mol. The van der Waals surface area contributed by atoms with Crippen LogP contribution in [0.15, 0.2) is 133 Å². The van der Waals surface area contributed by atoms with Crippen LogP contribution in [0.25, 0.3) is 20.2 Å². The van der Waals surface area contributed by atoms with Crippen molar-refractivity contribution < 1.29 is 0 Å². The summed E-state index contributed by atoms with van der Waals surface area (Å²) in [6, 6.07) is 53.3. The Morgan fingerprint density at radius 2 is 0.930 bits per heavy atom. The molecule has 1 saturated carbocycles. The van der Waals surface area contributed by atoms with Crippen LogP contribution in [-0.2, 0) is 27.1 Å². The van der Waals surface area contributed by atoms with Crippen molar-refractivity contribution in [3.63, 3.8) is 0 Å². The van der Waals surface area contributed by atoms with Crippen LogP contribution in [0.5, 0.6) is 0 Å². The highest BCUT2D eigenvalue weighted by atomic mass is 32.1. The molecule has 0 saturated heterocycles. The van der Waals surface area contributed by atoms with Crippen LogP contribution in [0.3, 0.4) is 0 Å². The van der Waals surface area contributed by atoms with Gasteiger partial charge in [0.15, 0.2) is 0 Å². The lowest BCUT2D eigenvalue weighted by atomic mass is 9.33. The van der Waals surface area contributed by atoms with Crippen LogP contribution in [0, 0.1) is 0 Å². The topological polar surface area (TPSA) is 9.72 Å². The number of thiophene rings is 1. The highest BCUT2D eigenvalue weighted by Gasteiger charge is 2.58. The van der Waals surface area contributed by atoms with E-state index in [0.717, 1.165) is 6.42 Å². The Morgan fingerprint density at radius 1 is 0.437 bits per heavy atom. The first-order chi connectivity index (χ1) is 33.5. The Morgan fingerprint density at radius 3 is 1.52 bits per heavy atom. The molecule has 0 radical (unpaired) electrons. The zero-order valence-electron chi connectivity index (χ0n) is 44.9. The fourth-order valence-electron chi connectivity index (χ4n) is 13.2. The fraction of sp³-hybridized carbons (Fsp3) is 0.364. The summed E-state index contributed by atoms with van der Waals surface area (Å²) in [6.07, 6.45) is 4.80. The SMILES string of the molecule is CC(C)(C)c1ccc(N2c3ccc(C(C)(C)C)cc3B3c4cc(C(C)(C)C)ccc4N(c4ccc5c(c4)sc4ccccc45)c4cc(N5c6ccc(C(C)(C)C)cc6C6(C)CCCCC56C)cc2c43)cc1.